The zero-order valence-electron chi connectivity index (χ0n) is 8.06. The summed E-state index contributed by atoms with van der Waals surface area (Å²) in [7, 11) is 0. The Balaban J connectivity index is 2.78. The van der Waals surface area contributed by atoms with Crippen molar-refractivity contribution in [2.75, 3.05) is 6.61 Å². The first-order valence-electron chi connectivity index (χ1n) is 4.19. The molecule has 80 valence electrons. The number of Topliss-reactive ketones (excluding diaryl/α,β-unsaturated/α-hetero) is 1. The third kappa shape index (κ3) is 2.98. The molecule has 0 radical (unpaired) electrons. The van der Waals surface area contributed by atoms with E-state index < -0.39 is 18.4 Å². The van der Waals surface area contributed by atoms with Crippen LogP contribution in [0.4, 0.5) is 0 Å². The largest absolute Gasteiger partial charge is 0.508 e. The van der Waals surface area contributed by atoms with Gasteiger partial charge in [-0.2, -0.15) is 0 Å². The van der Waals surface area contributed by atoms with Crippen LogP contribution < -0.4 is 0 Å². The standard InChI is InChI=1S/C10H10O5/c1-6(11)15-5-10(14)8-3-2-7(12)4-9(8)13/h2-4,12-13H,5H2,1H3. The van der Waals surface area contributed by atoms with E-state index in [9.17, 15) is 14.7 Å². The van der Waals surface area contributed by atoms with Gasteiger partial charge in [0, 0.05) is 13.0 Å². The summed E-state index contributed by atoms with van der Waals surface area (Å²) in [4.78, 5) is 21.8. The van der Waals surface area contributed by atoms with E-state index in [0.29, 0.717) is 0 Å². The van der Waals surface area contributed by atoms with Crippen LogP contribution in [-0.2, 0) is 9.53 Å². The fraction of sp³-hybridized carbons (Fsp3) is 0.200. The highest BCUT2D eigenvalue weighted by atomic mass is 16.5. The molecule has 0 amide bonds. The number of phenols is 2. The van der Waals surface area contributed by atoms with Gasteiger partial charge in [-0.3, -0.25) is 9.59 Å². The first-order chi connectivity index (χ1) is 7.00. The van der Waals surface area contributed by atoms with Crippen LogP contribution in [-0.4, -0.2) is 28.6 Å². The van der Waals surface area contributed by atoms with Crippen LogP contribution in [0, 0.1) is 0 Å². The highest BCUT2D eigenvalue weighted by Crippen LogP contribution is 2.22. The minimum atomic E-state index is -0.568. The van der Waals surface area contributed by atoms with Gasteiger partial charge in [-0.15, -0.1) is 0 Å². The van der Waals surface area contributed by atoms with Gasteiger partial charge in [0.05, 0.1) is 5.56 Å². The topological polar surface area (TPSA) is 83.8 Å². The summed E-state index contributed by atoms with van der Waals surface area (Å²) < 4.78 is 4.48. The average Bonchev–Trinajstić information content (AvgIpc) is 2.14. The molecule has 1 rings (SSSR count). The fourth-order valence-corrected chi connectivity index (χ4v) is 1.00. The van der Waals surface area contributed by atoms with Crippen LogP contribution in [0.5, 0.6) is 11.5 Å². The van der Waals surface area contributed by atoms with Crippen molar-refractivity contribution in [1.29, 1.82) is 0 Å². The molecular formula is C10H10O5. The summed E-state index contributed by atoms with van der Waals surface area (Å²) >= 11 is 0. The van der Waals surface area contributed by atoms with E-state index in [1.54, 1.807) is 0 Å². The van der Waals surface area contributed by atoms with Crippen molar-refractivity contribution in [2.45, 2.75) is 6.92 Å². The second kappa shape index (κ2) is 4.45. The molecule has 0 bridgehead atoms. The smallest absolute Gasteiger partial charge is 0.303 e. The van der Waals surface area contributed by atoms with Gasteiger partial charge in [0.25, 0.3) is 0 Å². The summed E-state index contributed by atoms with van der Waals surface area (Å²) in [5, 5.41) is 18.3. The molecule has 0 aliphatic carbocycles. The third-order valence-electron chi connectivity index (χ3n) is 1.69. The minimum absolute atomic E-state index is 0.00838. The van der Waals surface area contributed by atoms with Gasteiger partial charge < -0.3 is 14.9 Å². The van der Waals surface area contributed by atoms with Gasteiger partial charge >= 0.3 is 5.97 Å². The number of aromatic hydroxyl groups is 2. The molecule has 0 fully saturated rings. The van der Waals surface area contributed by atoms with Crippen LogP contribution in [0.1, 0.15) is 17.3 Å². The Morgan fingerprint density at radius 1 is 1.33 bits per heavy atom. The molecule has 1 aromatic carbocycles. The minimum Gasteiger partial charge on any atom is -0.508 e. The summed E-state index contributed by atoms with van der Waals surface area (Å²) in [6.45, 7) is 0.762. The fourth-order valence-electron chi connectivity index (χ4n) is 1.00. The lowest BCUT2D eigenvalue weighted by atomic mass is 10.1. The van der Waals surface area contributed by atoms with Gasteiger partial charge in [-0.25, -0.2) is 0 Å². The Kier molecular flexibility index (Phi) is 3.28. The molecule has 0 aliphatic rings. The second-order valence-corrected chi connectivity index (χ2v) is 2.90. The Morgan fingerprint density at radius 2 is 2.00 bits per heavy atom. The number of ketones is 1. The van der Waals surface area contributed by atoms with Crippen molar-refractivity contribution in [3.63, 3.8) is 0 Å². The molecule has 0 atom stereocenters. The first-order valence-corrected chi connectivity index (χ1v) is 4.19. The number of rotatable bonds is 3. The molecular weight excluding hydrogens is 200 g/mol. The van der Waals surface area contributed by atoms with Crippen molar-refractivity contribution < 1.29 is 24.5 Å². The van der Waals surface area contributed by atoms with E-state index in [0.717, 1.165) is 6.07 Å². The highest BCUT2D eigenvalue weighted by Gasteiger charge is 2.12. The number of phenolic OH excluding ortho intramolecular Hbond substituents is 2. The number of carbonyl (C=O) groups is 2. The van der Waals surface area contributed by atoms with Crippen LogP contribution in [0.3, 0.4) is 0 Å². The summed E-state index contributed by atoms with van der Waals surface area (Å²) in [6, 6.07) is 3.57. The van der Waals surface area contributed by atoms with E-state index in [4.69, 9.17) is 5.11 Å². The van der Waals surface area contributed by atoms with E-state index >= 15 is 0 Å². The van der Waals surface area contributed by atoms with Crippen molar-refractivity contribution in [1.82, 2.24) is 0 Å². The number of carbonyl (C=O) groups excluding carboxylic acids is 2. The number of benzene rings is 1. The monoisotopic (exact) mass is 210 g/mol. The third-order valence-corrected chi connectivity index (χ3v) is 1.69. The van der Waals surface area contributed by atoms with Crippen LogP contribution in [0.25, 0.3) is 0 Å². The number of hydrogen-bond acceptors (Lipinski definition) is 5. The van der Waals surface area contributed by atoms with Gasteiger partial charge in [-0.05, 0) is 12.1 Å². The maximum atomic E-state index is 11.4. The summed E-state index contributed by atoms with van der Waals surface area (Å²) in [5.41, 5.74) is 0.00838. The Bertz CT molecular complexity index is 397. The quantitative estimate of drug-likeness (QED) is 0.570. The number of ether oxygens (including phenoxy) is 1. The van der Waals surface area contributed by atoms with Crippen molar-refractivity contribution in [3.8, 4) is 11.5 Å². The Labute approximate surface area is 85.9 Å². The van der Waals surface area contributed by atoms with Gasteiger partial charge in [-0.1, -0.05) is 0 Å². The van der Waals surface area contributed by atoms with E-state index in [1.165, 1.54) is 19.1 Å². The van der Waals surface area contributed by atoms with E-state index in [1.807, 2.05) is 0 Å². The number of hydrogen-bond donors (Lipinski definition) is 2. The van der Waals surface area contributed by atoms with Gasteiger partial charge in [0.2, 0.25) is 5.78 Å². The van der Waals surface area contributed by atoms with E-state index in [-0.39, 0.29) is 17.1 Å². The van der Waals surface area contributed by atoms with Crippen molar-refractivity contribution in [2.24, 2.45) is 0 Å². The molecule has 0 saturated carbocycles. The first kappa shape index (κ1) is 11.0. The summed E-state index contributed by atoms with van der Waals surface area (Å²) in [6.07, 6.45) is 0. The summed E-state index contributed by atoms with van der Waals surface area (Å²) in [5.74, 6) is -1.58. The van der Waals surface area contributed by atoms with Gasteiger partial charge in [0.1, 0.15) is 11.5 Å². The molecule has 5 nitrogen and oxygen atoms in total. The van der Waals surface area contributed by atoms with Crippen molar-refractivity contribution in [3.05, 3.63) is 23.8 Å². The maximum absolute atomic E-state index is 11.4. The van der Waals surface area contributed by atoms with E-state index in [2.05, 4.69) is 4.74 Å². The molecule has 1 aromatic rings. The highest BCUT2D eigenvalue weighted by molar-refractivity contribution is 6.00. The molecule has 0 spiro atoms. The molecule has 0 unspecified atom stereocenters. The van der Waals surface area contributed by atoms with Crippen LogP contribution >= 0.6 is 0 Å². The second-order valence-electron chi connectivity index (χ2n) is 2.90. The predicted molar refractivity (Wildman–Crippen MR) is 50.7 cm³/mol. The van der Waals surface area contributed by atoms with Crippen LogP contribution in [0.15, 0.2) is 18.2 Å². The van der Waals surface area contributed by atoms with Gasteiger partial charge in [0.15, 0.2) is 6.61 Å². The maximum Gasteiger partial charge on any atom is 0.303 e. The predicted octanol–water partition coefficient (Wildman–Crippen LogP) is 0.844. The van der Waals surface area contributed by atoms with Crippen molar-refractivity contribution >= 4 is 11.8 Å². The zero-order chi connectivity index (χ0) is 11.4. The average molecular weight is 210 g/mol. The molecule has 0 aliphatic heterocycles. The Hall–Kier alpha value is -2.04. The zero-order valence-corrected chi connectivity index (χ0v) is 8.06. The molecule has 15 heavy (non-hydrogen) atoms. The Morgan fingerprint density at radius 3 is 2.53 bits per heavy atom. The SMILES string of the molecule is CC(=O)OCC(=O)c1ccc(O)cc1O. The molecule has 2 N–H and O–H groups in total. The normalized spacial score (nSPS) is 9.67. The lowest BCUT2D eigenvalue weighted by molar-refractivity contribution is -0.139. The lowest BCUT2D eigenvalue weighted by Crippen LogP contribution is -2.11. The molecule has 5 heteroatoms. The lowest BCUT2D eigenvalue weighted by Gasteiger charge is -2.04. The molecule has 0 saturated heterocycles. The molecule has 0 aromatic heterocycles. The molecule has 0 heterocycles. The number of esters is 1. The van der Waals surface area contributed by atoms with Crippen LogP contribution in [0.2, 0.25) is 0 Å².